The van der Waals surface area contributed by atoms with Gasteiger partial charge in [-0.3, -0.25) is 4.79 Å². The van der Waals surface area contributed by atoms with Crippen LogP contribution in [0.4, 0.5) is 4.39 Å². The molecule has 0 spiro atoms. The number of aromatic nitrogens is 2. The summed E-state index contributed by atoms with van der Waals surface area (Å²) in [4.78, 5) is 18.9. The van der Waals surface area contributed by atoms with Crippen LogP contribution in [0.15, 0.2) is 59.1 Å². The second-order valence-electron chi connectivity index (χ2n) is 6.37. The van der Waals surface area contributed by atoms with E-state index in [9.17, 15) is 9.18 Å². The molecule has 1 amide bonds. The second-order valence-corrected chi connectivity index (χ2v) is 6.37. The molecule has 0 bridgehead atoms. The summed E-state index contributed by atoms with van der Waals surface area (Å²) in [5.41, 5.74) is 1.54. The van der Waals surface area contributed by atoms with E-state index in [4.69, 9.17) is 4.52 Å². The molecule has 1 unspecified atom stereocenters. The van der Waals surface area contributed by atoms with Gasteiger partial charge < -0.3 is 9.42 Å². The standard InChI is InChI=1S/C20H18FN3O2/c21-16-9-4-6-14(12-16)13-18(25)24-11-5-10-17(24)20-22-19(23-26-20)15-7-2-1-3-8-15/h1-4,6-9,12,17H,5,10-11,13H2. The fourth-order valence-electron chi connectivity index (χ4n) is 3.32. The van der Waals surface area contributed by atoms with Crippen LogP contribution in [0.2, 0.25) is 0 Å². The fourth-order valence-corrected chi connectivity index (χ4v) is 3.32. The highest BCUT2D eigenvalue weighted by atomic mass is 19.1. The van der Waals surface area contributed by atoms with Crippen LogP contribution in [-0.2, 0) is 11.2 Å². The Labute approximate surface area is 150 Å². The molecular weight excluding hydrogens is 333 g/mol. The van der Waals surface area contributed by atoms with Crippen molar-refractivity contribution in [2.45, 2.75) is 25.3 Å². The van der Waals surface area contributed by atoms with Crippen LogP contribution in [0.3, 0.4) is 0 Å². The summed E-state index contributed by atoms with van der Waals surface area (Å²) in [6.45, 7) is 0.641. The van der Waals surface area contributed by atoms with Crippen LogP contribution in [0.25, 0.3) is 11.4 Å². The van der Waals surface area contributed by atoms with Gasteiger partial charge in [-0.2, -0.15) is 4.98 Å². The van der Waals surface area contributed by atoms with E-state index < -0.39 is 0 Å². The van der Waals surface area contributed by atoms with E-state index in [1.165, 1.54) is 12.1 Å². The molecule has 0 aliphatic carbocycles. The molecule has 1 saturated heterocycles. The van der Waals surface area contributed by atoms with Crippen molar-refractivity contribution in [1.82, 2.24) is 15.0 Å². The van der Waals surface area contributed by atoms with Crippen molar-refractivity contribution < 1.29 is 13.7 Å². The van der Waals surface area contributed by atoms with E-state index >= 15 is 0 Å². The van der Waals surface area contributed by atoms with Gasteiger partial charge in [-0.05, 0) is 30.5 Å². The third-order valence-corrected chi connectivity index (χ3v) is 4.58. The average Bonchev–Trinajstić information content (AvgIpc) is 3.32. The number of hydrogen-bond acceptors (Lipinski definition) is 4. The Morgan fingerprint density at radius 3 is 2.85 bits per heavy atom. The smallest absolute Gasteiger partial charge is 0.249 e. The zero-order valence-electron chi connectivity index (χ0n) is 14.1. The Morgan fingerprint density at radius 2 is 2.04 bits per heavy atom. The monoisotopic (exact) mass is 351 g/mol. The first kappa shape index (κ1) is 16.4. The Balaban J connectivity index is 1.51. The van der Waals surface area contributed by atoms with Crippen molar-refractivity contribution in [3.05, 3.63) is 71.9 Å². The van der Waals surface area contributed by atoms with Crippen molar-refractivity contribution in [1.29, 1.82) is 0 Å². The topological polar surface area (TPSA) is 59.2 Å². The van der Waals surface area contributed by atoms with E-state index in [0.717, 1.165) is 18.4 Å². The maximum Gasteiger partial charge on any atom is 0.249 e. The Hall–Kier alpha value is -3.02. The second kappa shape index (κ2) is 7.07. The van der Waals surface area contributed by atoms with Crippen LogP contribution < -0.4 is 0 Å². The van der Waals surface area contributed by atoms with Gasteiger partial charge in [-0.1, -0.05) is 47.6 Å². The predicted molar refractivity (Wildman–Crippen MR) is 93.5 cm³/mol. The van der Waals surface area contributed by atoms with E-state index in [2.05, 4.69) is 10.1 Å². The highest BCUT2D eigenvalue weighted by Gasteiger charge is 2.34. The van der Waals surface area contributed by atoms with E-state index in [1.54, 1.807) is 17.0 Å². The highest BCUT2D eigenvalue weighted by molar-refractivity contribution is 5.79. The van der Waals surface area contributed by atoms with Crippen LogP contribution in [0.1, 0.15) is 30.3 Å². The van der Waals surface area contributed by atoms with Crippen LogP contribution in [0.5, 0.6) is 0 Å². The molecular formula is C20H18FN3O2. The van der Waals surface area contributed by atoms with Crippen molar-refractivity contribution in [3.63, 3.8) is 0 Å². The van der Waals surface area contributed by atoms with Gasteiger partial charge in [0.25, 0.3) is 0 Å². The van der Waals surface area contributed by atoms with Crippen molar-refractivity contribution in [2.75, 3.05) is 6.54 Å². The van der Waals surface area contributed by atoms with Crippen LogP contribution >= 0.6 is 0 Å². The minimum absolute atomic E-state index is 0.0578. The number of carbonyl (C=O) groups is 1. The molecule has 3 aromatic rings. The lowest BCUT2D eigenvalue weighted by Gasteiger charge is -2.21. The van der Waals surface area contributed by atoms with Gasteiger partial charge >= 0.3 is 0 Å². The molecule has 0 N–H and O–H groups in total. The van der Waals surface area contributed by atoms with Gasteiger partial charge in [0.2, 0.25) is 17.6 Å². The summed E-state index contributed by atoms with van der Waals surface area (Å²) in [7, 11) is 0. The van der Waals surface area contributed by atoms with Gasteiger partial charge in [0.1, 0.15) is 11.9 Å². The van der Waals surface area contributed by atoms with E-state index in [-0.39, 0.29) is 24.2 Å². The zero-order valence-corrected chi connectivity index (χ0v) is 14.1. The molecule has 2 heterocycles. The summed E-state index contributed by atoms with van der Waals surface area (Å²) >= 11 is 0. The normalized spacial score (nSPS) is 16.8. The average molecular weight is 351 g/mol. The molecule has 1 aliphatic heterocycles. The SMILES string of the molecule is O=C(Cc1cccc(F)c1)N1CCCC1c1nc(-c2ccccc2)no1. The van der Waals surface area contributed by atoms with Gasteiger partial charge in [0.15, 0.2) is 0 Å². The number of carbonyl (C=O) groups excluding carboxylic acids is 1. The van der Waals surface area contributed by atoms with E-state index in [1.807, 2.05) is 30.3 Å². The Bertz CT molecular complexity index is 910. The minimum Gasteiger partial charge on any atom is -0.337 e. The molecule has 5 nitrogen and oxygen atoms in total. The number of rotatable bonds is 4. The van der Waals surface area contributed by atoms with Crippen molar-refractivity contribution in [3.8, 4) is 11.4 Å². The van der Waals surface area contributed by atoms with Gasteiger partial charge in [0, 0.05) is 12.1 Å². The summed E-state index contributed by atoms with van der Waals surface area (Å²) in [5, 5.41) is 4.05. The molecule has 4 rings (SSSR count). The number of hydrogen-bond donors (Lipinski definition) is 0. The van der Waals surface area contributed by atoms with Crippen LogP contribution in [-0.4, -0.2) is 27.5 Å². The lowest BCUT2D eigenvalue weighted by molar-refractivity contribution is -0.131. The van der Waals surface area contributed by atoms with Gasteiger partial charge in [0.05, 0.1) is 6.42 Å². The van der Waals surface area contributed by atoms with Gasteiger partial charge in [-0.25, -0.2) is 4.39 Å². The maximum absolute atomic E-state index is 13.3. The third kappa shape index (κ3) is 3.35. The number of likely N-dealkylation sites (tertiary alicyclic amines) is 1. The quantitative estimate of drug-likeness (QED) is 0.718. The summed E-state index contributed by atoms with van der Waals surface area (Å²) in [6.07, 6.45) is 1.82. The molecule has 1 aliphatic rings. The number of benzene rings is 2. The first-order chi connectivity index (χ1) is 12.7. The first-order valence-electron chi connectivity index (χ1n) is 8.63. The minimum atomic E-state index is -0.335. The molecule has 1 atom stereocenters. The molecule has 1 fully saturated rings. The molecule has 6 heteroatoms. The summed E-state index contributed by atoms with van der Waals surface area (Å²) < 4.78 is 18.8. The lowest BCUT2D eigenvalue weighted by Crippen LogP contribution is -2.32. The molecule has 132 valence electrons. The molecule has 0 radical (unpaired) electrons. The molecule has 26 heavy (non-hydrogen) atoms. The maximum atomic E-state index is 13.3. The van der Waals surface area contributed by atoms with Crippen molar-refractivity contribution in [2.24, 2.45) is 0 Å². The number of halogens is 1. The zero-order chi connectivity index (χ0) is 17.9. The van der Waals surface area contributed by atoms with E-state index in [0.29, 0.717) is 23.8 Å². The lowest BCUT2D eigenvalue weighted by atomic mass is 10.1. The van der Waals surface area contributed by atoms with Crippen LogP contribution in [0, 0.1) is 5.82 Å². The molecule has 0 saturated carbocycles. The molecule has 1 aromatic heterocycles. The van der Waals surface area contributed by atoms with Crippen molar-refractivity contribution >= 4 is 5.91 Å². The largest absolute Gasteiger partial charge is 0.337 e. The third-order valence-electron chi connectivity index (χ3n) is 4.58. The number of amides is 1. The summed E-state index contributed by atoms with van der Waals surface area (Å²) in [6, 6.07) is 15.5. The van der Waals surface area contributed by atoms with Gasteiger partial charge in [-0.15, -0.1) is 0 Å². The first-order valence-corrected chi connectivity index (χ1v) is 8.63. The number of nitrogens with zero attached hydrogens (tertiary/aromatic N) is 3. The fraction of sp³-hybridized carbons (Fsp3) is 0.250. The Morgan fingerprint density at radius 1 is 1.19 bits per heavy atom. The summed E-state index contributed by atoms with van der Waals surface area (Å²) in [5.74, 6) is 0.578. The highest BCUT2D eigenvalue weighted by Crippen LogP contribution is 2.32. The molecule has 2 aromatic carbocycles. The Kier molecular flexibility index (Phi) is 4.48. The predicted octanol–water partition coefficient (Wildman–Crippen LogP) is 3.78.